The summed E-state index contributed by atoms with van der Waals surface area (Å²) in [6.07, 6.45) is 77.7. The first-order valence-corrected chi connectivity index (χ1v) is 51.2. The summed E-state index contributed by atoms with van der Waals surface area (Å²) in [6.45, 7) is 103. The molecular weight excluding hydrogens is 1410 g/mol. The van der Waals surface area contributed by atoms with Crippen molar-refractivity contribution in [1.82, 2.24) is 0 Å². The van der Waals surface area contributed by atoms with Crippen LogP contribution in [-0.4, -0.2) is 0 Å². The Bertz CT molecular complexity index is 1910. The Balaban J connectivity index is -0.000000160. The molecule has 0 rings (SSSR count). The van der Waals surface area contributed by atoms with Crippen molar-refractivity contribution in [2.75, 3.05) is 0 Å². The van der Waals surface area contributed by atoms with Gasteiger partial charge in [0.25, 0.3) is 0 Å². The van der Waals surface area contributed by atoms with E-state index < -0.39 is 0 Å². The normalized spacial score (nSPS) is 14.7. The predicted molar refractivity (Wildman–Crippen MR) is 556 cm³/mol. The molecule has 702 valence electrons. The van der Waals surface area contributed by atoms with Crippen molar-refractivity contribution in [2.45, 2.75) is 485 Å². The van der Waals surface area contributed by atoms with Gasteiger partial charge in [-0.05, 0) is 275 Å². The van der Waals surface area contributed by atoms with Gasteiger partial charge in [-0.3, -0.25) is 0 Å². The van der Waals surface area contributed by atoms with E-state index in [1.807, 2.05) is 0 Å². The van der Waals surface area contributed by atoms with Gasteiger partial charge in [0.1, 0.15) is 0 Å². The highest BCUT2D eigenvalue weighted by Gasteiger charge is 2.11. The maximum atomic E-state index is 2.36. The molecule has 0 aliphatic carbocycles. The highest BCUT2D eigenvalue weighted by Crippen LogP contribution is 2.24. The third-order valence-electron chi connectivity index (χ3n) is 21.6. The summed E-state index contributed by atoms with van der Waals surface area (Å²) in [5, 5.41) is 0. The third kappa shape index (κ3) is 143. The van der Waals surface area contributed by atoms with E-state index in [0.717, 1.165) is 107 Å². The predicted octanol–water partition coefficient (Wildman–Crippen LogP) is 41.9. The molecular formula is C117H234. The van der Waals surface area contributed by atoms with Crippen LogP contribution < -0.4 is 0 Å². The second kappa shape index (κ2) is 94.3. The molecule has 0 aliphatic rings. The molecule has 0 bridgehead atoms. The SMILES string of the molecule is CC(C)/C=C\CC(C)CCC(C)C.CC(C)/C=C\CCC(C)CC(C)C.CC(C)/C=C\CCCC(C)C(C)C.CC(C)/C=C\CCC[C@@H](C)C(C)C.CC(C)/C=C\CCC[C@H](C)C(C)C.CC(C)/C=C\CC[C@@H](C)CC(C)C.CC(C)/C=C\CC[C@H](C)CC(C)C.CC(C)/C=C\C[C@@H](C)CCC(C)C.CC(C)/C=C\C[C@H](C)CCC(C)C. The Morgan fingerprint density at radius 3 is 0.453 bits per heavy atom. The lowest BCUT2D eigenvalue weighted by atomic mass is 9.92. The van der Waals surface area contributed by atoms with Crippen LogP contribution >= 0.6 is 0 Å². The van der Waals surface area contributed by atoms with Gasteiger partial charge in [0, 0.05) is 0 Å². The fourth-order valence-corrected chi connectivity index (χ4v) is 12.7. The summed E-state index contributed by atoms with van der Waals surface area (Å²) < 4.78 is 0. The van der Waals surface area contributed by atoms with Crippen LogP contribution in [0.1, 0.15) is 485 Å². The van der Waals surface area contributed by atoms with Gasteiger partial charge in [-0.2, -0.15) is 0 Å². The zero-order valence-electron chi connectivity index (χ0n) is 90.1. The lowest BCUT2D eigenvalue weighted by molar-refractivity contribution is 0.383. The maximum Gasteiger partial charge on any atom is -0.0290 e. The molecule has 0 spiro atoms. The molecule has 0 radical (unpaired) electrons. The van der Waals surface area contributed by atoms with Gasteiger partial charge in [0.2, 0.25) is 0 Å². The van der Waals surface area contributed by atoms with E-state index in [2.05, 4.69) is 421 Å². The lowest BCUT2D eigenvalue weighted by Crippen LogP contribution is -2.02. The zero-order chi connectivity index (χ0) is 92.4. The summed E-state index contributed by atoms with van der Waals surface area (Å²) in [6, 6.07) is 0. The molecule has 0 aromatic heterocycles. The van der Waals surface area contributed by atoms with Crippen LogP contribution in [-0.2, 0) is 0 Å². The Labute approximate surface area is 749 Å². The Morgan fingerprint density at radius 2 is 0.308 bits per heavy atom. The quantitative estimate of drug-likeness (QED) is 0.0421. The summed E-state index contributed by atoms with van der Waals surface area (Å²) >= 11 is 0. The molecule has 0 N–H and O–H groups in total. The molecule has 0 aromatic carbocycles. The van der Waals surface area contributed by atoms with Gasteiger partial charge in [-0.1, -0.05) is 479 Å². The van der Waals surface area contributed by atoms with Crippen LogP contribution in [0.3, 0.4) is 0 Å². The molecule has 0 nitrogen and oxygen atoms in total. The molecule has 3 unspecified atom stereocenters. The topological polar surface area (TPSA) is 0 Å². The fourth-order valence-electron chi connectivity index (χ4n) is 12.7. The first-order chi connectivity index (χ1) is 54.2. The van der Waals surface area contributed by atoms with E-state index in [-0.39, 0.29) is 0 Å². The maximum absolute atomic E-state index is 2.36. The van der Waals surface area contributed by atoms with E-state index in [0.29, 0.717) is 53.3 Å². The van der Waals surface area contributed by atoms with Gasteiger partial charge in [-0.25, -0.2) is 0 Å². The van der Waals surface area contributed by atoms with Gasteiger partial charge in [0.15, 0.2) is 0 Å². The van der Waals surface area contributed by atoms with Crippen LogP contribution in [0.4, 0.5) is 0 Å². The van der Waals surface area contributed by atoms with E-state index in [4.69, 9.17) is 0 Å². The average Bonchev–Trinajstić information content (AvgIpc) is 1.01. The summed E-state index contributed by atoms with van der Waals surface area (Å²) in [5.74, 6) is 21.9. The number of hydrogen-bond donors (Lipinski definition) is 0. The number of rotatable bonds is 54. The largest absolute Gasteiger partial charge is 0.0883 e. The molecule has 0 heterocycles. The van der Waals surface area contributed by atoms with Crippen molar-refractivity contribution in [3.05, 3.63) is 109 Å². The molecule has 0 amide bonds. The summed E-state index contributed by atoms with van der Waals surface area (Å²) in [7, 11) is 0. The highest BCUT2D eigenvalue weighted by atomic mass is 14.2. The van der Waals surface area contributed by atoms with Gasteiger partial charge < -0.3 is 0 Å². The van der Waals surface area contributed by atoms with E-state index >= 15 is 0 Å². The summed E-state index contributed by atoms with van der Waals surface area (Å²) in [4.78, 5) is 0. The molecule has 117 heavy (non-hydrogen) atoms. The lowest BCUT2D eigenvalue weighted by Gasteiger charge is -2.14. The fraction of sp³-hybridized carbons (Fsp3) is 0.846. The van der Waals surface area contributed by atoms with Crippen LogP contribution in [0.5, 0.6) is 0 Å². The number of allylic oxidation sites excluding steroid dienone is 18. The molecule has 0 aliphatic heterocycles. The summed E-state index contributed by atoms with van der Waals surface area (Å²) in [5.41, 5.74) is 0. The van der Waals surface area contributed by atoms with Crippen molar-refractivity contribution in [3.8, 4) is 0 Å². The monoisotopic (exact) mass is 1640 g/mol. The standard InChI is InChI=1S/9C13H26/c3*1-11(2)7-6-8-13(5)10-9-12(3)4;3*1-11(2)8-6-7-9-13(5)10-12(3)4;3*1-11(2)9-7-6-8-10-13(5)12(3)4/h3*6-7,11-13H,8-10H2,1-5H3;3*6,8,11-13H,7,9-10H2,1-5H3;3*7,9,11-13H,6,8,10H2,1-5H3/b3*7-6-;3*8-6-;3*9-7-/t2*13-;;2*13-;;2*13-;/m10.10.10./s1. The number of hydrogen-bond acceptors (Lipinski definition) is 0. The molecule has 0 fully saturated rings. The van der Waals surface area contributed by atoms with E-state index in [1.54, 1.807) is 0 Å². The van der Waals surface area contributed by atoms with Crippen molar-refractivity contribution in [3.63, 3.8) is 0 Å². The second-order valence-electron chi connectivity index (χ2n) is 44.4. The molecule has 9 atom stereocenters. The average molecular weight is 1640 g/mol. The van der Waals surface area contributed by atoms with Gasteiger partial charge in [0.05, 0.1) is 0 Å². The van der Waals surface area contributed by atoms with Crippen molar-refractivity contribution in [1.29, 1.82) is 0 Å². The number of unbranched alkanes of at least 4 members (excludes halogenated alkanes) is 3. The Hall–Kier alpha value is -2.34. The van der Waals surface area contributed by atoms with E-state index in [1.165, 1.54) is 173 Å². The first kappa shape index (κ1) is 133. The van der Waals surface area contributed by atoms with Gasteiger partial charge >= 0.3 is 0 Å². The van der Waals surface area contributed by atoms with Crippen LogP contribution in [0.2, 0.25) is 0 Å². The minimum absolute atomic E-state index is 0.706. The van der Waals surface area contributed by atoms with Crippen LogP contribution in [0.25, 0.3) is 0 Å². The minimum atomic E-state index is 0.706. The highest BCUT2D eigenvalue weighted by molar-refractivity contribution is 4.91. The van der Waals surface area contributed by atoms with E-state index in [9.17, 15) is 0 Å². The molecule has 0 aromatic rings. The first-order valence-electron chi connectivity index (χ1n) is 51.2. The Kier molecular flexibility index (Phi) is 107. The minimum Gasteiger partial charge on any atom is -0.0883 e. The smallest absolute Gasteiger partial charge is 0.0290 e. The molecule has 0 heteroatoms. The van der Waals surface area contributed by atoms with Gasteiger partial charge in [-0.15, -0.1) is 0 Å². The van der Waals surface area contributed by atoms with Crippen molar-refractivity contribution in [2.24, 2.45) is 160 Å². The zero-order valence-corrected chi connectivity index (χ0v) is 90.1. The van der Waals surface area contributed by atoms with Crippen molar-refractivity contribution >= 4 is 0 Å². The van der Waals surface area contributed by atoms with Crippen molar-refractivity contribution < 1.29 is 0 Å². The molecule has 0 saturated heterocycles. The Morgan fingerprint density at radius 1 is 0.145 bits per heavy atom. The second-order valence-corrected chi connectivity index (χ2v) is 44.4. The third-order valence-corrected chi connectivity index (χ3v) is 21.6. The van der Waals surface area contributed by atoms with Crippen LogP contribution in [0, 0.1) is 160 Å². The van der Waals surface area contributed by atoms with Crippen LogP contribution in [0.15, 0.2) is 109 Å². The molecule has 0 saturated carbocycles.